The molecule has 1 aliphatic heterocycles. The zero-order valence-electron chi connectivity index (χ0n) is 18.1. The number of hydrogen-bond acceptors (Lipinski definition) is 6. The van der Waals surface area contributed by atoms with Crippen LogP contribution in [0.2, 0.25) is 0 Å². The first-order valence-electron chi connectivity index (χ1n) is 10.8. The van der Waals surface area contributed by atoms with E-state index < -0.39 is 24.0 Å². The summed E-state index contributed by atoms with van der Waals surface area (Å²) in [6, 6.07) is 9.14. The van der Waals surface area contributed by atoms with E-state index in [1.807, 2.05) is 30.3 Å². The molecule has 2 rings (SSSR count). The molecule has 1 aliphatic rings. The minimum absolute atomic E-state index is 0.0453. The molecule has 1 heterocycles. The standard InChI is InChI=1S/C23H35N3O4/c1-14(2)22(29)20(9-10-24)26-23(30)17(15(3)27)11-21(28)19-13-25-12-18(19)16-7-5-4-6-8-16/h4-8,14-15,17-20,25,27H,9-13,24H2,1-3H3,(H,26,30)/t15-,17-,18+,19-,20-/m0/s1. The van der Waals surface area contributed by atoms with Crippen LogP contribution >= 0.6 is 0 Å². The molecule has 0 spiro atoms. The van der Waals surface area contributed by atoms with Gasteiger partial charge in [-0.1, -0.05) is 44.2 Å². The lowest BCUT2D eigenvalue weighted by Gasteiger charge is -2.25. The highest BCUT2D eigenvalue weighted by atomic mass is 16.3. The summed E-state index contributed by atoms with van der Waals surface area (Å²) < 4.78 is 0. The first-order chi connectivity index (χ1) is 14.3. The van der Waals surface area contributed by atoms with Gasteiger partial charge in [-0.05, 0) is 25.5 Å². The van der Waals surface area contributed by atoms with Crippen molar-refractivity contribution >= 4 is 17.5 Å². The van der Waals surface area contributed by atoms with Crippen LogP contribution in [0.3, 0.4) is 0 Å². The van der Waals surface area contributed by atoms with Crippen molar-refractivity contribution in [2.24, 2.45) is 23.5 Å². The SMILES string of the molecule is CC(C)C(=O)[C@H](CCN)NC(=O)[C@@H](CC(=O)[C@H]1CNC[C@@H]1c1ccccc1)[C@H](C)O. The number of aliphatic hydroxyl groups is 1. The predicted octanol–water partition coefficient (Wildman–Crippen LogP) is 1.00. The molecule has 7 nitrogen and oxygen atoms in total. The normalized spacial score (nSPS) is 21.8. The van der Waals surface area contributed by atoms with Gasteiger partial charge >= 0.3 is 0 Å². The number of amides is 1. The third-order valence-electron chi connectivity index (χ3n) is 5.88. The van der Waals surface area contributed by atoms with Gasteiger partial charge in [0.2, 0.25) is 5.91 Å². The molecule has 0 aromatic heterocycles. The minimum Gasteiger partial charge on any atom is -0.393 e. The minimum atomic E-state index is -1.01. The number of Topliss-reactive ketones (excluding diaryl/α,β-unsaturated/α-hetero) is 2. The van der Waals surface area contributed by atoms with Crippen LogP contribution in [-0.4, -0.2) is 54.4 Å². The maximum absolute atomic E-state index is 13.1. The zero-order chi connectivity index (χ0) is 22.3. The Hall–Kier alpha value is -2.09. The third-order valence-corrected chi connectivity index (χ3v) is 5.88. The Morgan fingerprint density at radius 1 is 1.17 bits per heavy atom. The molecule has 0 bridgehead atoms. The van der Waals surface area contributed by atoms with Crippen molar-refractivity contribution in [3.63, 3.8) is 0 Å². The Balaban J connectivity index is 2.09. The summed E-state index contributed by atoms with van der Waals surface area (Å²) in [5.41, 5.74) is 6.69. The first kappa shape index (κ1) is 24.2. The van der Waals surface area contributed by atoms with Crippen LogP contribution in [0.15, 0.2) is 30.3 Å². The molecule has 0 aliphatic carbocycles. The van der Waals surface area contributed by atoms with Gasteiger partial charge in [-0.3, -0.25) is 14.4 Å². The lowest BCUT2D eigenvalue weighted by atomic mass is 9.82. The summed E-state index contributed by atoms with van der Waals surface area (Å²) in [6.07, 6.45) is -0.748. The molecule has 5 N–H and O–H groups in total. The summed E-state index contributed by atoms with van der Waals surface area (Å²) in [4.78, 5) is 38.3. The molecule has 166 valence electrons. The number of ketones is 2. The molecule has 1 aromatic carbocycles. The number of aliphatic hydroxyl groups excluding tert-OH is 1. The van der Waals surface area contributed by atoms with E-state index in [0.717, 1.165) is 5.56 Å². The maximum atomic E-state index is 13.1. The molecule has 5 atom stereocenters. The van der Waals surface area contributed by atoms with Crippen LogP contribution in [-0.2, 0) is 14.4 Å². The van der Waals surface area contributed by atoms with E-state index >= 15 is 0 Å². The predicted molar refractivity (Wildman–Crippen MR) is 116 cm³/mol. The molecule has 7 heteroatoms. The van der Waals surface area contributed by atoms with Crippen LogP contribution in [0, 0.1) is 17.8 Å². The van der Waals surface area contributed by atoms with Gasteiger partial charge in [-0.15, -0.1) is 0 Å². The number of carbonyl (C=O) groups excluding carboxylic acids is 3. The van der Waals surface area contributed by atoms with Crippen LogP contribution in [0.4, 0.5) is 0 Å². The summed E-state index contributed by atoms with van der Waals surface area (Å²) in [6.45, 7) is 6.55. The number of benzene rings is 1. The molecule has 30 heavy (non-hydrogen) atoms. The van der Waals surface area contributed by atoms with E-state index in [9.17, 15) is 19.5 Å². The summed E-state index contributed by atoms with van der Waals surface area (Å²) in [5, 5.41) is 16.2. The van der Waals surface area contributed by atoms with Gasteiger partial charge in [0.1, 0.15) is 5.78 Å². The van der Waals surface area contributed by atoms with Gasteiger partial charge in [0.25, 0.3) is 0 Å². The molecule has 1 aromatic rings. The number of hydrogen-bond donors (Lipinski definition) is 4. The van der Waals surface area contributed by atoms with Crippen LogP contribution in [0.25, 0.3) is 0 Å². The highest BCUT2D eigenvalue weighted by molar-refractivity contribution is 5.93. The average Bonchev–Trinajstić information content (AvgIpc) is 3.21. The van der Waals surface area contributed by atoms with E-state index in [0.29, 0.717) is 19.5 Å². The summed E-state index contributed by atoms with van der Waals surface area (Å²) in [5.74, 6) is -2.00. The molecule has 0 radical (unpaired) electrons. The van der Waals surface area contributed by atoms with E-state index in [1.165, 1.54) is 6.92 Å². The second-order valence-electron chi connectivity index (χ2n) is 8.50. The Kier molecular flexibility index (Phi) is 9.14. The lowest BCUT2D eigenvalue weighted by molar-refractivity contribution is -0.136. The van der Waals surface area contributed by atoms with Crippen molar-refractivity contribution in [3.8, 4) is 0 Å². The third kappa shape index (κ3) is 6.20. The van der Waals surface area contributed by atoms with E-state index in [2.05, 4.69) is 10.6 Å². The quantitative estimate of drug-likeness (QED) is 0.426. The smallest absolute Gasteiger partial charge is 0.226 e. The van der Waals surface area contributed by atoms with Crippen molar-refractivity contribution < 1.29 is 19.5 Å². The van der Waals surface area contributed by atoms with Crippen LogP contribution in [0.1, 0.15) is 45.1 Å². The van der Waals surface area contributed by atoms with Gasteiger partial charge in [0, 0.05) is 37.3 Å². The number of nitrogens with one attached hydrogen (secondary N) is 2. The lowest BCUT2D eigenvalue weighted by Crippen LogP contribution is -2.48. The van der Waals surface area contributed by atoms with Crippen molar-refractivity contribution in [1.29, 1.82) is 0 Å². The molecule has 0 unspecified atom stereocenters. The molecule has 1 amide bonds. The first-order valence-corrected chi connectivity index (χ1v) is 10.8. The van der Waals surface area contributed by atoms with Crippen molar-refractivity contribution in [3.05, 3.63) is 35.9 Å². The maximum Gasteiger partial charge on any atom is 0.226 e. The summed E-state index contributed by atoms with van der Waals surface area (Å²) >= 11 is 0. The Morgan fingerprint density at radius 3 is 2.40 bits per heavy atom. The number of nitrogens with two attached hydrogens (primary N) is 1. The fourth-order valence-electron chi connectivity index (χ4n) is 4.05. The Morgan fingerprint density at radius 2 is 1.83 bits per heavy atom. The van der Waals surface area contributed by atoms with E-state index in [4.69, 9.17) is 5.73 Å². The fourth-order valence-corrected chi connectivity index (χ4v) is 4.05. The average molecular weight is 418 g/mol. The van der Waals surface area contributed by atoms with Crippen molar-refractivity contribution in [2.45, 2.75) is 51.7 Å². The Bertz CT molecular complexity index is 720. The highest BCUT2D eigenvalue weighted by Crippen LogP contribution is 2.30. The highest BCUT2D eigenvalue weighted by Gasteiger charge is 2.37. The topological polar surface area (TPSA) is 122 Å². The monoisotopic (exact) mass is 417 g/mol. The molecule has 1 saturated heterocycles. The zero-order valence-corrected chi connectivity index (χ0v) is 18.1. The molecular weight excluding hydrogens is 382 g/mol. The second kappa shape index (κ2) is 11.3. The second-order valence-corrected chi connectivity index (χ2v) is 8.50. The van der Waals surface area contributed by atoms with Crippen LogP contribution in [0.5, 0.6) is 0 Å². The van der Waals surface area contributed by atoms with Gasteiger partial charge in [0.05, 0.1) is 18.1 Å². The largest absolute Gasteiger partial charge is 0.393 e. The Labute approximate surface area is 178 Å². The van der Waals surface area contributed by atoms with E-state index in [1.54, 1.807) is 13.8 Å². The van der Waals surface area contributed by atoms with Gasteiger partial charge in [-0.2, -0.15) is 0 Å². The van der Waals surface area contributed by atoms with Crippen molar-refractivity contribution in [2.75, 3.05) is 19.6 Å². The van der Waals surface area contributed by atoms with Gasteiger partial charge in [-0.25, -0.2) is 0 Å². The van der Waals surface area contributed by atoms with Crippen LogP contribution < -0.4 is 16.4 Å². The number of rotatable bonds is 11. The van der Waals surface area contributed by atoms with Gasteiger partial charge < -0.3 is 21.5 Å². The molecular formula is C23H35N3O4. The fraction of sp³-hybridized carbons (Fsp3) is 0.609. The molecule has 1 fully saturated rings. The van der Waals surface area contributed by atoms with E-state index in [-0.39, 0.29) is 42.3 Å². The molecule has 0 saturated carbocycles. The number of carbonyl (C=O) groups is 3. The van der Waals surface area contributed by atoms with Crippen molar-refractivity contribution in [1.82, 2.24) is 10.6 Å². The van der Waals surface area contributed by atoms with Gasteiger partial charge in [0.15, 0.2) is 5.78 Å². The summed E-state index contributed by atoms with van der Waals surface area (Å²) in [7, 11) is 0.